The standard InChI is InChI=1S/C10H16BO6P.C7H14BO6P/c1-4-5-16-8-9(18(12,13)15-3)7(6-14-2)17-10(8)11;1-12-3-4-6(15(10,11)13-2)5(9)7(8)14-4/h1,7-10H,5-6H2,2-3H3,(H,12,13);4-7,9H,3H2,1-2H3,(H,10,11)/p-2. The molecule has 2 saturated heterocycles. The molecule has 2 heterocycles. The van der Waals surface area contributed by atoms with Gasteiger partial charge in [-0.25, -0.2) is 0 Å². The number of aliphatic hydroxyl groups is 1. The van der Waals surface area contributed by atoms with Crippen molar-refractivity contribution < 1.29 is 56.8 Å². The number of ether oxygens (including phenoxy) is 5. The molecule has 10 atom stereocenters. The van der Waals surface area contributed by atoms with E-state index in [1.165, 1.54) is 14.2 Å². The third kappa shape index (κ3) is 7.87. The summed E-state index contributed by atoms with van der Waals surface area (Å²) in [4.78, 5) is 23.4. The van der Waals surface area contributed by atoms with Crippen LogP contribution in [-0.2, 0) is 41.9 Å². The molecule has 0 saturated carbocycles. The van der Waals surface area contributed by atoms with E-state index in [-0.39, 0.29) is 19.8 Å². The summed E-state index contributed by atoms with van der Waals surface area (Å²) in [6.45, 7) is 0.0521. The Hall–Kier alpha value is -0.250. The van der Waals surface area contributed by atoms with Crippen molar-refractivity contribution in [2.45, 2.75) is 47.7 Å². The van der Waals surface area contributed by atoms with Crippen LogP contribution in [-0.4, -0.2) is 117 Å². The molecule has 0 aromatic rings. The summed E-state index contributed by atoms with van der Waals surface area (Å²) < 4.78 is 57.6. The van der Waals surface area contributed by atoms with E-state index in [9.17, 15) is 24.0 Å². The Labute approximate surface area is 196 Å². The quantitative estimate of drug-likeness (QED) is 0.189. The van der Waals surface area contributed by atoms with E-state index in [2.05, 4.69) is 15.0 Å². The van der Waals surface area contributed by atoms with Crippen molar-refractivity contribution in [3.63, 3.8) is 0 Å². The molecule has 0 amide bonds. The first-order valence-electron chi connectivity index (χ1n) is 9.67. The summed E-state index contributed by atoms with van der Waals surface area (Å²) in [6.07, 6.45) is 1.36. The van der Waals surface area contributed by atoms with Crippen molar-refractivity contribution >= 4 is 30.9 Å². The third-order valence-corrected chi connectivity index (χ3v) is 8.78. The average Bonchev–Trinajstić information content (AvgIpc) is 3.23. The van der Waals surface area contributed by atoms with Crippen molar-refractivity contribution in [1.82, 2.24) is 0 Å². The minimum Gasteiger partial charge on any atom is -0.778 e. The maximum atomic E-state index is 11.9. The van der Waals surface area contributed by atoms with Crippen LogP contribution in [0.15, 0.2) is 0 Å². The molecule has 0 aromatic carbocycles. The first kappa shape index (κ1) is 30.8. The molecule has 0 aromatic heterocycles. The highest BCUT2D eigenvalue weighted by atomic mass is 31.2. The fraction of sp³-hybridized carbons (Fsp3) is 0.882. The van der Waals surface area contributed by atoms with E-state index >= 15 is 0 Å². The molecule has 2 aliphatic rings. The number of rotatable bonds is 10. The summed E-state index contributed by atoms with van der Waals surface area (Å²) >= 11 is 0. The minimum atomic E-state index is -4.19. The summed E-state index contributed by atoms with van der Waals surface area (Å²) in [5, 5.41) is 9.56. The lowest BCUT2D eigenvalue weighted by atomic mass is 9.94. The van der Waals surface area contributed by atoms with Crippen LogP contribution in [0.25, 0.3) is 0 Å². The van der Waals surface area contributed by atoms with Gasteiger partial charge in [-0.1, -0.05) is 5.92 Å². The summed E-state index contributed by atoms with van der Waals surface area (Å²) in [5.74, 6) is 2.25. The fourth-order valence-electron chi connectivity index (χ4n) is 3.50. The molecule has 12 nitrogen and oxygen atoms in total. The van der Waals surface area contributed by atoms with Gasteiger partial charge in [-0.3, -0.25) is 0 Å². The lowest BCUT2D eigenvalue weighted by molar-refractivity contribution is -0.203. The highest BCUT2D eigenvalue weighted by molar-refractivity contribution is 7.52. The van der Waals surface area contributed by atoms with E-state index in [1.54, 1.807) is 0 Å². The Morgan fingerprint density at radius 1 is 0.939 bits per heavy atom. The normalized spacial score (nSPS) is 37.4. The molecule has 1 N–H and O–H groups in total. The second kappa shape index (κ2) is 13.7. The SMILES string of the molecule is [B]C1OC(COC)C(P(=O)([O-])OC)C1O.[B]C1OC(COC)C(P(=O)([O-])OC)C1OCC#C. The first-order valence-corrected chi connectivity index (χ1v) is 12.9. The van der Waals surface area contributed by atoms with Crippen LogP contribution in [0.1, 0.15) is 0 Å². The highest BCUT2D eigenvalue weighted by Crippen LogP contribution is 2.51. The zero-order valence-electron chi connectivity index (χ0n) is 18.8. The molecule has 10 unspecified atom stereocenters. The van der Waals surface area contributed by atoms with Gasteiger partial charge in [0.05, 0.1) is 48.9 Å². The molecular weight excluding hydrogens is 480 g/mol. The average molecular weight is 508 g/mol. The van der Waals surface area contributed by atoms with Crippen LogP contribution < -0.4 is 9.79 Å². The van der Waals surface area contributed by atoms with Crippen molar-refractivity contribution in [3.05, 3.63) is 0 Å². The zero-order valence-corrected chi connectivity index (χ0v) is 20.6. The van der Waals surface area contributed by atoms with E-state index in [0.29, 0.717) is 0 Å². The third-order valence-electron chi connectivity index (χ3n) is 5.03. The van der Waals surface area contributed by atoms with Crippen LogP contribution in [0.3, 0.4) is 0 Å². The molecule has 0 spiro atoms. The number of methoxy groups -OCH3 is 2. The molecule has 2 rings (SSSR count). The predicted molar refractivity (Wildman–Crippen MR) is 114 cm³/mol. The van der Waals surface area contributed by atoms with Gasteiger partial charge in [0.2, 0.25) is 0 Å². The van der Waals surface area contributed by atoms with Crippen LogP contribution in [0.4, 0.5) is 0 Å². The minimum absolute atomic E-state index is 0.0328. The van der Waals surface area contributed by atoms with E-state index in [1.807, 2.05) is 0 Å². The molecule has 33 heavy (non-hydrogen) atoms. The van der Waals surface area contributed by atoms with E-state index < -0.39 is 62.9 Å². The number of terminal acetylenes is 1. The topological polar surface area (TPSA) is 165 Å². The van der Waals surface area contributed by atoms with E-state index in [4.69, 9.17) is 45.8 Å². The Morgan fingerprint density at radius 2 is 1.39 bits per heavy atom. The molecular formula is C17H28B2O12P2-2. The monoisotopic (exact) mass is 508 g/mol. The van der Waals surface area contributed by atoms with E-state index in [0.717, 1.165) is 14.2 Å². The Kier molecular flexibility index (Phi) is 12.8. The van der Waals surface area contributed by atoms with Gasteiger partial charge in [-0.2, -0.15) is 0 Å². The van der Waals surface area contributed by atoms with Crippen LogP contribution in [0.2, 0.25) is 0 Å². The van der Waals surface area contributed by atoms with Gasteiger partial charge >= 0.3 is 0 Å². The lowest BCUT2D eigenvalue weighted by Gasteiger charge is -2.33. The van der Waals surface area contributed by atoms with Crippen molar-refractivity contribution in [2.24, 2.45) is 0 Å². The molecule has 186 valence electrons. The largest absolute Gasteiger partial charge is 0.778 e. The summed E-state index contributed by atoms with van der Waals surface area (Å²) in [7, 11) is 7.69. The van der Waals surface area contributed by atoms with Gasteiger partial charge in [0.15, 0.2) is 0 Å². The van der Waals surface area contributed by atoms with Gasteiger partial charge in [0, 0.05) is 40.4 Å². The Balaban J connectivity index is 0.000000335. The number of hydrogen-bond donors (Lipinski definition) is 1. The number of aliphatic hydroxyl groups excluding tert-OH is 1. The zero-order chi connectivity index (χ0) is 25.4. The summed E-state index contributed by atoms with van der Waals surface area (Å²) in [5.41, 5.74) is -2.22. The van der Waals surface area contributed by atoms with Crippen molar-refractivity contribution in [3.8, 4) is 12.3 Å². The van der Waals surface area contributed by atoms with Gasteiger partial charge in [0.25, 0.3) is 0 Å². The second-order valence-corrected chi connectivity index (χ2v) is 11.2. The lowest BCUT2D eigenvalue weighted by Crippen LogP contribution is -2.40. The fourth-order valence-corrected chi connectivity index (χ4v) is 6.28. The van der Waals surface area contributed by atoms with Gasteiger partial charge in [0.1, 0.15) is 37.5 Å². The molecule has 4 radical (unpaired) electrons. The Bertz CT molecular complexity index is 737. The van der Waals surface area contributed by atoms with Gasteiger partial charge in [-0.05, 0) is 0 Å². The maximum absolute atomic E-state index is 11.9. The first-order chi connectivity index (χ1) is 15.4. The highest BCUT2D eigenvalue weighted by Gasteiger charge is 2.49. The van der Waals surface area contributed by atoms with Crippen LogP contribution >= 0.6 is 15.2 Å². The molecule has 16 heteroatoms. The molecule has 2 aliphatic heterocycles. The molecule has 2 fully saturated rings. The molecule has 0 bridgehead atoms. The predicted octanol–water partition coefficient (Wildman–Crippen LogP) is -2.43. The van der Waals surface area contributed by atoms with Crippen LogP contribution in [0, 0.1) is 12.3 Å². The molecule has 0 aliphatic carbocycles. The Morgan fingerprint density at radius 3 is 1.85 bits per heavy atom. The second-order valence-electron chi connectivity index (χ2n) is 7.09. The number of hydrogen-bond acceptors (Lipinski definition) is 12. The van der Waals surface area contributed by atoms with Crippen molar-refractivity contribution in [2.75, 3.05) is 48.3 Å². The van der Waals surface area contributed by atoms with Crippen molar-refractivity contribution in [1.29, 1.82) is 0 Å². The smallest absolute Gasteiger partial charge is 0.143 e. The maximum Gasteiger partial charge on any atom is 0.143 e. The van der Waals surface area contributed by atoms with Gasteiger partial charge < -0.3 is 56.8 Å². The van der Waals surface area contributed by atoms with Gasteiger partial charge in [-0.15, -0.1) is 6.42 Å². The van der Waals surface area contributed by atoms with Crippen LogP contribution in [0.5, 0.6) is 0 Å². The summed E-state index contributed by atoms with van der Waals surface area (Å²) in [6, 6.07) is -1.92.